The molecule has 104 valence electrons. The zero-order valence-electron chi connectivity index (χ0n) is 12.2. The van der Waals surface area contributed by atoms with E-state index < -0.39 is 0 Å². The molecule has 2 rings (SSSR count). The van der Waals surface area contributed by atoms with Crippen molar-refractivity contribution < 1.29 is 9.15 Å². The van der Waals surface area contributed by atoms with Gasteiger partial charge in [0, 0.05) is 11.1 Å². The lowest BCUT2D eigenvalue weighted by Gasteiger charge is -2.21. The van der Waals surface area contributed by atoms with Gasteiger partial charge in [-0.15, -0.1) is 0 Å². The molecule has 0 saturated heterocycles. The summed E-state index contributed by atoms with van der Waals surface area (Å²) in [6.07, 6.45) is 1.50. The molecule has 0 aliphatic rings. The molecular formula is C16H18N2O2. The Balaban J connectivity index is 2.68. The highest BCUT2D eigenvalue weighted by atomic mass is 16.5. The van der Waals surface area contributed by atoms with Gasteiger partial charge in [-0.3, -0.25) is 0 Å². The third-order valence-corrected chi connectivity index (χ3v) is 3.29. The lowest BCUT2D eigenvalue weighted by molar-refractivity contribution is 0.416. The summed E-state index contributed by atoms with van der Waals surface area (Å²) in [5.74, 6) is 0.820. The number of nitriles is 1. The van der Waals surface area contributed by atoms with Crippen molar-refractivity contribution in [2.45, 2.75) is 26.2 Å². The van der Waals surface area contributed by atoms with Crippen molar-refractivity contribution in [1.82, 2.24) is 0 Å². The molecule has 20 heavy (non-hydrogen) atoms. The van der Waals surface area contributed by atoms with E-state index >= 15 is 0 Å². The summed E-state index contributed by atoms with van der Waals surface area (Å²) in [6, 6.07) is 8.02. The molecule has 0 saturated carbocycles. The van der Waals surface area contributed by atoms with Gasteiger partial charge in [0.25, 0.3) is 0 Å². The van der Waals surface area contributed by atoms with E-state index in [1.54, 1.807) is 7.11 Å². The molecule has 0 unspecified atom stereocenters. The minimum atomic E-state index is 0.00308. The first-order valence-electron chi connectivity index (χ1n) is 6.34. The first-order valence-corrected chi connectivity index (χ1v) is 6.34. The lowest BCUT2D eigenvalue weighted by Crippen LogP contribution is -2.11. The summed E-state index contributed by atoms with van der Waals surface area (Å²) in [7, 11) is 1.60. The molecule has 4 nitrogen and oxygen atoms in total. The zero-order valence-corrected chi connectivity index (χ0v) is 12.2. The van der Waals surface area contributed by atoms with Crippen molar-refractivity contribution in [2.24, 2.45) is 0 Å². The molecule has 2 N–H and O–H groups in total. The maximum absolute atomic E-state index is 9.21. The van der Waals surface area contributed by atoms with E-state index in [9.17, 15) is 5.26 Å². The van der Waals surface area contributed by atoms with Crippen molar-refractivity contribution in [3.63, 3.8) is 0 Å². The monoisotopic (exact) mass is 270 g/mol. The average molecular weight is 270 g/mol. The number of furan rings is 1. The number of hydrogen-bond acceptors (Lipinski definition) is 4. The van der Waals surface area contributed by atoms with Crippen molar-refractivity contribution in [3.8, 4) is 22.9 Å². The van der Waals surface area contributed by atoms with E-state index in [2.05, 4.69) is 26.8 Å². The van der Waals surface area contributed by atoms with E-state index in [0.717, 1.165) is 11.1 Å². The molecule has 0 aliphatic heterocycles. The van der Waals surface area contributed by atoms with Crippen LogP contribution in [0.25, 0.3) is 11.1 Å². The molecule has 1 heterocycles. The quantitative estimate of drug-likeness (QED) is 0.903. The van der Waals surface area contributed by atoms with Gasteiger partial charge >= 0.3 is 0 Å². The van der Waals surface area contributed by atoms with Crippen LogP contribution in [0, 0.1) is 11.3 Å². The number of rotatable bonds is 2. The van der Waals surface area contributed by atoms with Gasteiger partial charge in [-0.05, 0) is 23.1 Å². The molecule has 4 heteroatoms. The van der Waals surface area contributed by atoms with Gasteiger partial charge in [-0.2, -0.15) is 5.26 Å². The normalized spacial score (nSPS) is 11.2. The van der Waals surface area contributed by atoms with Crippen molar-refractivity contribution >= 4 is 5.88 Å². The molecular weight excluding hydrogens is 252 g/mol. The van der Waals surface area contributed by atoms with E-state index in [4.69, 9.17) is 14.9 Å². The molecule has 1 aromatic carbocycles. The van der Waals surface area contributed by atoms with Crippen LogP contribution >= 0.6 is 0 Å². The summed E-state index contributed by atoms with van der Waals surface area (Å²) in [6.45, 7) is 6.40. The largest absolute Gasteiger partial charge is 0.496 e. The highest BCUT2D eigenvalue weighted by molar-refractivity contribution is 5.79. The predicted octanol–water partition coefficient (Wildman–Crippen LogP) is 3.71. The fourth-order valence-electron chi connectivity index (χ4n) is 2.07. The van der Waals surface area contributed by atoms with Crippen LogP contribution < -0.4 is 10.5 Å². The second-order valence-electron chi connectivity index (χ2n) is 5.67. The number of ether oxygens (including phenoxy) is 1. The second kappa shape index (κ2) is 4.93. The van der Waals surface area contributed by atoms with Crippen LogP contribution in [0.15, 0.2) is 28.9 Å². The predicted molar refractivity (Wildman–Crippen MR) is 78.5 cm³/mol. The lowest BCUT2D eigenvalue weighted by atomic mass is 9.85. The van der Waals surface area contributed by atoms with Gasteiger partial charge in [0.2, 0.25) is 5.88 Å². The Labute approximate surface area is 118 Å². The Morgan fingerprint density at radius 2 is 1.95 bits per heavy atom. The van der Waals surface area contributed by atoms with Crippen LogP contribution in [0.4, 0.5) is 5.88 Å². The standard InChI is InChI=1S/C16H18N2O2/c1-16(2,3)10-5-6-14(19-4)11(7-10)13-9-20-15(18)12(13)8-17/h5-7,9H,18H2,1-4H3. The Hall–Kier alpha value is -2.41. The van der Waals surface area contributed by atoms with Crippen LogP contribution in [-0.2, 0) is 5.41 Å². The Kier molecular flexibility index (Phi) is 3.46. The number of nitrogen functional groups attached to an aromatic ring is 1. The van der Waals surface area contributed by atoms with Gasteiger partial charge in [0.05, 0.1) is 7.11 Å². The van der Waals surface area contributed by atoms with Gasteiger partial charge in [0.1, 0.15) is 23.6 Å². The highest BCUT2D eigenvalue weighted by Crippen LogP contribution is 2.38. The molecule has 2 aromatic rings. The molecule has 0 aliphatic carbocycles. The Bertz CT molecular complexity index is 673. The smallest absolute Gasteiger partial charge is 0.208 e. The van der Waals surface area contributed by atoms with Gasteiger partial charge in [0.15, 0.2) is 0 Å². The highest BCUT2D eigenvalue weighted by Gasteiger charge is 2.20. The maximum Gasteiger partial charge on any atom is 0.208 e. The molecule has 1 aromatic heterocycles. The number of nitrogens with two attached hydrogens (primary N) is 1. The number of methoxy groups -OCH3 is 1. The summed E-state index contributed by atoms with van der Waals surface area (Å²) in [5.41, 5.74) is 8.65. The molecule has 0 bridgehead atoms. The molecule has 0 fully saturated rings. The molecule has 0 amide bonds. The van der Waals surface area contributed by atoms with Crippen LogP contribution in [0.3, 0.4) is 0 Å². The number of hydrogen-bond donors (Lipinski definition) is 1. The Morgan fingerprint density at radius 3 is 2.50 bits per heavy atom. The topological polar surface area (TPSA) is 72.2 Å². The average Bonchev–Trinajstić information content (AvgIpc) is 2.77. The van der Waals surface area contributed by atoms with E-state index in [-0.39, 0.29) is 11.3 Å². The second-order valence-corrected chi connectivity index (χ2v) is 5.67. The van der Waals surface area contributed by atoms with Crippen LogP contribution in [0.5, 0.6) is 5.75 Å². The minimum Gasteiger partial charge on any atom is -0.496 e. The van der Waals surface area contributed by atoms with Crippen LogP contribution in [0.1, 0.15) is 31.9 Å². The van der Waals surface area contributed by atoms with E-state index in [0.29, 0.717) is 16.9 Å². The van der Waals surface area contributed by atoms with E-state index in [1.165, 1.54) is 6.26 Å². The van der Waals surface area contributed by atoms with Crippen molar-refractivity contribution in [3.05, 3.63) is 35.6 Å². The third-order valence-electron chi connectivity index (χ3n) is 3.29. The summed E-state index contributed by atoms with van der Waals surface area (Å²) in [4.78, 5) is 0. The first-order chi connectivity index (χ1) is 9.38. The fourth-order valence-corrected chi connectivity index (χ4v) is 2.07. The van der Waals surface area contributed by atoms with Crippen LogP contribution in [0.2, 0.25) is 0 Å². The summed E-state index contributed by atoms with van der Waals surface area (Å²) >= 11 is 0. The van der Waals surface area contributed by atoms with E-state index in [1.807, 2.05) is 18.2 Å². The van der Waals surface area contributed by atoms with Gasteiger partial charge < -0.3 is 14.9 Å². The molecule has 0 atom stereocenters. The summed E-state index contributed by atoms with van der Waals surface area (Å²) < 4.78 is 10.5. The van der Waals surface area contributed by atoms with Crippen LogP contribution in [-0.4, -0.2) is 7.11 Å². The maximum atomic E-state index is 9.21. The van der Waals surface area contributed by atoms with Gasteiger partial charge in [-0.1, -0.05) is 26.8 Å². The zero-order chi connectivity index (χ0) is 14.9. The number of nitrogens with zero attached hydrogens (tertiary/aromatic N) is 1. The molecule has 0 spiro atoms. The number of benzene rings is 1. The SMILES string of the molecule is COc1ccc(C(C)(C)C)cc1-c1coc(N)c1C#N. The third kappa shape index (κ3) is 2.35. The van der Waals surface area contributed by atoms with Crippen molar-refractivity contribution in [2.75, 3.05) is 12.8 Å². The Morgan fingerprint density at radius 1 is 1.25 bits per heavy atom. The van der Waals surface area contributed by atoms with Crippen molar-refractivity contribution in [1.29, 1.82) is 5.26 Å². The molecule has 0 radical (unpaired) electrons. The number of anilines is 1. The summed E-state index contributed by atoms with van der Waals surface area (Å²) in [5, 5.41) is 9.21. The fraction of sp³-hybridized carbons (Fsp3) is 0.312. The van der Waals surface area contributed by atoms with Gasteiger partial charge in [-0.25, -0.2) is 0 Å². The minimum absolute atomic E-state index is 0.00308. The first kappa shape index (κ1) is 14.0.